The number of rotatable bonds is 5. The topological polar surface area (TPSA) is 196 Å². The number of furan rings is 1. The van der Waals surface area contributed by atoms with Gasteiger partial charge in [-0.3, -0.25) is 4.79 Å². The average molecular weight is 375 g/mol. The first kappa shape index (κ1) is 19.2. The van der Waals surface area contributed by atoms with Crippen molar-refractivity contribution >= 4 is 5.91 Å². The molecule has 2 aliphatic rings. The molecule has 146 valence electrons. The largest absolute Gasteiger partial charge is 0.459 e. The zero-order valence-electron chi connectivity index (χ0n) is 13.5. The summed E-state index contributed by atoms with van der Waals surface area (Å²) in [5.74, 6) is -1.19. The first-order valence-electron chi connectivity index (χ1n) is 7.98. The number of nitrogens with two attached hydrogens (primary N) is 1. The second-order valence-electron chi connectivity index (χ2n) is 6.31. The molecule has 2 saturated heterocycles. The van der Waals surface area contributed by atoms with Crippen LogP contribution in [0.3, 0.4) is 0 Å². The molecule has 8 N–H and O–H groups in total. The molecule has 3 rings (SSSR count). The number of aliphatic hydroxyl groups excluding tert-OH is 6. The van der Waals surface area contributed by atoms with Crippen LogP contribution in [-0.4, -0.2) is 86.4 Å². The van der Waals surface area contributed by atoms with E-state index in [2.05, 4.69) is 0 Å². The number of ether oxygens (including phenoxy) is 2. The lowest BCUT2D eigenvalue weighted by molar-refractivity contribution is -0.0385. The fourth-order valence-electron chi connectivity index (χ4n) is 3.22. The first-order chi connectivity index (χ1) is 12.3. The van der Waals surface area contributed by atoms with E-state index in [1.165, 1.54) is 6.07 Å². The van der Waals surface area contributed by atoms with Crippen LogP contribution in [0.4, 0.5) is 0 Å². The molecule has 2 fully saturated rings. The van der Waals surface area contributed by atoms with Gasteiger partial charge < -0.3 is 50.3 Å². The van der Waals surface area contributed by atoms with Crippen LogP contribution in [0.2, 0.25) is 0 Å². The highest BCUT2D eigenvalue weighted by atomic mass is 16.6. The third kappa shape index (κ3) is 3.02. The molecule has 26 heavy (non-hydrogen) atoms. The minimum Gasteiger partial charge on any atom is -0.459 e. The quantitative estimate of drug-likeness (QED) is 0.273. The van der Waals surface area contributed by atoms with Gasteiger partial charge in [-0.05, 0) is 6.07 Å². The molecule has 1 aromatic rings. The number of amides is 1. The number of carbonyl (C=O) groups is 1. The van der Waals surface area contributed by atoms with Gasteiger partial charge in [-0.25, -0.2) is 0 Å². The highest BCUT2D eigenvalue weighted by Gasteiger charge is 2.48. The van der Waals surface area contributed by atoms with Gasteiger partial charge in [0.05, 0.1) is 18.8 Å². The molecule has 8 atom stereocenters. The molecular weight excluding hydrogens is 354 g/mol. The zero-order chi connectivity index (χ0) is 19.2. The summed E-state index contributed by atoms with van der Waals surface area (Å²) in [7, 11) is 0. The molecule has 1 aromatic heterocycles. The van der Waals surface area contributed by atoms with Crippen LogP contribution in [0.25, 0.3) is 0 Å². The van der Waals surface area contributed by atoms with Crippen LogP contribution in [0, 0.1) is 0 Å². The van der Waals surface area contributed by atoms with Crippen molar-refractivity contribution in [3.8, 4) is 0 Å². The van der Waals surface area contributed by atoms with Gasteiger partial charge in [-0.15, -0.1) is 0 Å². The van der Waals surface area contributed by atoms with Crippen molar-refractivity contribution in [1.29, 1.82) is 0 Å². The molecular formula is C15H21NO10. The van der Waals surface area contributed by atoms with E-state index in [4.69, 9.17) is 24.7 Å². The zero-order valence-corrected chi connectivity index (χ0v) is 13.5. The lowest BCUT2D eigenvalue weighted by atomic mass is 10.0. The van der Waals surface area contributed by atoms with E-state index >= 15 is 0 Å². The predicted molar refractivity (Wildman–Crippen MR) is 80.7 cm³/mol. The molecule has 0 aromatic carbocycles. The Bertz CT molecular complexity index is 663. The van der Waals surface area contributed by atoms with Crippen LogP contribution in [0.5, 0.6) is 0 Å². The number of carbonyl (C=O) groups excluding carboxylic acids is 1. The normalized spacial score (nSPS) is 40.2. The first-order valence-corrected chi connectivity index (χ1v) is 7.98. The lowest BCUT2D eigenvalue weighted by Gasteiger charge is -2.14. The number of aliphatic hydroxyl groups is 6. The Morgan fingerprint density at radius 2 is 1.42 bits per heavy atom. The maximum Gasteiger partial charge on any atom is 0.252 e. The minimum absolute atomic E-state index is 0.0750. The number of primary amides is 1. The third-order valence-corrected chi connectivity index (χ3v) is 4.67. The van der Waals surface area contributed by atoms with Crippen LogP contribution in [0.1, 0.15) is 34.1 Å². The van der Waals surface area contributed by atoms with Crippen molar-refractivity contribution in [2.45, 2.75) is 48.8 Å². The van der Waals surface area contributed by atoms with Gasteiger partial charge in [0.1, 0.15) is 60.4 Å². The third-order valence-electron chi connectivity index (χ3n) is 4.67. The smallest absolute Gasteiger partial charge is 0.252 e. The Hall–Kier alpha value is -1.57. The molecule has 11 heteroatoms. The van der Waals surface area contributed by atoms with Crippen LogP contribution in [-0.2, 0) is 9.47 Å². The number of hydrogen-bond donors (Lipinski definition) is 7. The SMILES string of the molecule is NC(=O)c1cc([C@@H]2O[C@H](CO)[C@@H](O)[C@H]2O)oc1[C@H]1O[C@@H](CO)[C@H](O)[C@@H]1O. The molecule has 0 spiro atoms. The van der Waals surface area contributed by atoms with E-state index in [-0.39, 0.29) is 17.1 Å². The summed E-state index contributed by atoms with van der Waals surface area (Å²) in [5, 5.41) is 58.2. The highest BCUT2D eigenvalue weighted by molar-refractivity contribution is 5.94. The van der Waals surface area contributed by atoms with Crippen molar-refractivity contribution in [3.63, 3.8) is 0 Å². The Morgan fingerprint density at radius 1 is 0.923 bits per heavy atom. The van der Waals surface area contributed by atoms with Gasteiger partial charge in [-0.1, -0.05) is 0 Å². The Kier molecular flexibility index (Phi) is 5.33. The van der Waals surface area contributed by atoms with E-state index in [1.807, 2.05) is 0 Å². The molecule has 0 unspecified atom stereocenters. The molecule has 1 amide bonds. The van der Waals surface area contributed by atoms with Gasteiger partial charge >= 0.3 is 0 Å². The minimum atomic E-state index is -1.49. The van der Waals surface area contributed by atoms with Gasteiger partial charge in [0.2, 0.25) is 0 Å². The van der Waals surface area contributed by atoms with Crippen LogP contribution < -0.4 is 5.73 Å². The maximum atomic E-state index is 11.7. The maximum absolute atomic E-state index is 11.7. The van der Waals surface area contributed by atoms with Gasteiger partial charge in [0, 0.05) is 0 Å². The van der Waals surface area contributed by atoms with E-state index in [9.17, 15) is 30.3 Å². The van der Waals surface area contributed by atoms with Crippen molar-refractivity contribution in [2.75, 3.05) is 13.2 Å². The molecule has 11 nitrogen and oxygen atoms in total. The molecule has 0 saturated carbocycles. The Morgan fingerprint density at radius 3 is 1.88 bits per heavy atom. The van der Waals surface area contributed by atoms with E-state index in [0.29, 0.717) is 0 Å². The Labute approximate surface area is 147 Å². The van der Waals surface area contributed by atoms with Gasteiger partial charge in [-0.2, -0.15) is 0 Å². The fraction of sp³-hybridized carbons (Fsp3) is 0.667. The van der Waals surface area contributed by atoms with E-state index in [0.717, 1.165) is 0 Å². The second kappa shape index (κ2) is 7.21. The summed E-state index contributed by atoms with van der Waals surface area (Å²) in [6.07, 6.45) is -10.3. The molecule has 2 aliphatic heterocycles. The second-order valence-corrected chi connectivity index (χ2v) is 6.31. The van der Waals surface area contributed by atoms with E-state index < -0.39 is 68.0 Å². The molecule has 0 bridgehead atoms. The van der Waals surface area contributed by atoms with E-state index in [1.54, 1.807) is 0 Å². The summed E-state index contributed by atoms with van der Waals surface area (Å²) >= 11 is 0. The molecule has 0 aliphatic carbocycles. The Balaban J connectivity index is 1.94. The number of hydrogen-bond acceptors (Lipinski definition) is 10. The summed E-state index contributed by atoms with van der Waals surface area (Å²) < 4.78 is 16.2. The monoisotopic (exact) mass is 375 g/mol. The molecule has 0 radical (unpaired) electrons. The fourth-order valence-corrected chi connectivity index (χ4v) is 3.22. The summed E-state index contributed by atoms with van der Waals surface area (Å²) in [5.41, 5.74) is 5.14. The van der Waals surface area contributed by atoms with Crippen molar-refractivity contribution < 1.29 is 49.3 Å². The highest BCUT2D eigenvalue weighted by Crippen LogP contribution is 2.40. The average Bonchev–Trinajstić information content (AvgIpc) is 3.25. The van der Waals surface area contributed by atoms with Crippen molar-refractivity contribution in [3.05, 3.63) is 23.2 Å². The summed E-state index contributed by atoms with van der Waals surface area (Å²) in [6, 6.07) is 1.17. The summed E-state index contributed by atoms with van der Waals surface area (Å²) in [6.45, 7) is -1.11. The van der Waals surface area contributed by atoms with Gasteiger partial charge in [0.15, 0.2) is 0 Å². The molecule has 3 heterocycles. The summed E-state index contributed by atoms with van der Waals surface area (Å²) in [4.78, 5) is 11.7. The standard InChI is InChI=1S/C15H21NO10/c16-15(23)4-1-5(13-10(21)8(19)6(2-17)25-13)24-12(4)14-11(22)9(20)7(3-18)26-14/h1,6-11,13-14,17-22H,2-3H2,(H2,16,23)/t6-,7+,8-,9+,10-,11+,13+,14+/m1/s1. The predicted octanol–water partition coefficient (Wildman–Crippen LogP) is -3.31. The van der Waals surface area contributed by atoms with Crippen LogP contribution >= 0.6 is 0 Å². The van der Waals surface area contributed by atoms with Gasteiger partial charge in [0.25, 0.3) is 5.91 Å². The van der Waals surface area contributed by atoms with Crippen molar-refractivity contribution in [1.82, 2.24) is 0 Å². The van der Waals surface area contributed by atoms with Crippen LogP contribution in [0.15, 0.2) is 10.5 Å². The lowest BCUT2D eigenvalue weighted by Crippen LogP contribution is -2.32. The van der Waals surface area contributed by atoms with Crippen molar-refractivity contribution in [2.24, 2.45) is 5.73 Å².